The van der Waals surface area contributed by atoms with Crippen LogP contribution in [0.2, 0.25) is 0 Å². The molecule has 0 atom stereocenters. The average Bonchev–Trinajstić information content (AvgIpc) is 2.78. The van der Waals surface area contributed by atoms with Gasteiger partial charge in [-0.3, -0.25) is 9.59 Å². The minimum Gasteiger partial charge on any atom is -0.465 e. The number of ether oxygens (including phenoxy) is 2. The first-order chi connectivity index (χ1) is 15.5. The summed E-state index contributed by atoms with van der Waals surface area (Å²) in [6.45, 7) is 1.91. The SMILES string of the molecule is CC(=O)OC/C=C/CCOC(=O)C1CCC2(CC1)OOC1(OO2)C2CC3CC(C2)CC1C3. The van der Waals surface area contributed by atoms with Gasteiger partial charge in [0.05, 0.1) is 12.5 Å². The van der Waals surface area contributed by atoms with Crippen LogP contribution >= 0.6 is 0 Å². The van der Waals surface area contributed by atoms with E-state index in [9.17, 15) is 9.59 Å². The summed E-state index contributed by atoms with van der Waals surface area (Å²) < 4.78 is 10.2. The summed E-state index contributed by atoms with van der Waals surface area (Å²) in [6, 6.07) is 0. The van der Waals surface area contributed by atoms with Crippen LogP contribution in [0.1, 0.15) is 71.1 Å². The van der Waals surface area contributed by atoms with Gasteiger partial charge in [-0.25, -0.2) is 0 Å². The van der Waals surface area contributed by atoms with Crippen LogP contribution in [0.15, 0.2) is 12.2 Å². The molecule has 6 rings (SSSR count). The molecule has 2 spiro atoms. The molecule has 1 heterocycles. The number of esters is 2. The standard InChI is InChI=1S/C24H34O8/c1-16(25)27-9-3-2-4-10-28-22(26)19-5-7-23(8-6-19)29-31-24(32-30-23)20-12-17-11-18(14-20)15-21(24)13-17/h2-3,17-21H,4-15H2,1H3/b3-2+. The summed E-state index contributed by atoms with van der Waals surface area (Å²) in [7, 11) is 0. The van der Waals surface area contributed by atoms with Crippen molar-refractivity contribution in [3.8, 4) is 0 Å². The van der Waals surface area contributed by atoms with Crippen molar-refractivity contribution in [1.82, 2.24) is 0 Å². The second-order valence-electron chi connectivity index (χ2n) is 10.3. The first-order valence-electron chi connectivity index (χ1n) is 12.2. The van der Waals surface area contributed by atoms with Gasteiger partial charge in [-0.1, -0.05) is 12.2 Å². The lowest BCUT2D eigenvalue weighted by Gasteiger charge is -2.60. The van der Waals surface area contributed by atoms with E-state index in [1.807, 2.05) is 6.08 Å². The molecule has 0 amide bonds. The molecule has 5 saturated carbocycles. The van der Waals surface area contributed by atoms with E-state index in [2.05, 4.69) is 0 Å². The van der Waals surface area contributed by atoms with E-state index >= 15 is 0 Å². The zero-order chi connectivity index (χ0) is 22.2. The second-order valence-corrected chi connectivity index (χ2v) is 10.3. The number of rotatable bonds is 6. The third-order valence-corrected chi connectivity index (χ3v) is 8.08. The van der Waals surface area contributed by atoms with Gasteiger partial charge in [-0.05, 0) is 63.2 Å². The highest BCUT2D eigenvalue weighted by atomic mass is 17.4. The van der Waals surface area contributed by atoms with Crippen molar-refractivity contribution in [3.05, 3.63) is 12.2 Å². The Balaban J connectivity index is 1.04. The van der Waals surface area contributed by atoms with Gasteiger partial charge >= 0.3 is 11.9 Å². The molecule has 4 bridgehead atoms. The molecule has 8 heteroatoms. The van der Waals surface area contributed by atoms with Gasteiger partial charge in [0, 0.05) is 31.6 Å². The van der Waals surface area contributed by atoms with Crippen LogP contribution in [-0.2, 0) is 38.6 Å². The number of carbonyl (C=O) groups is 2. The van der Waals surface area contributed by atoms with E-state index < -0.39 is 11.6 Å². The Morgan fingerprint density at radius 3 is 2.09 bits per heavy atom. The monoisotopic (exact) mass is 450 g/mol. The summed E-state index contributed by atoms with van der Waals surface area (Å²) >= 11 is 0. The zero-order valence-electron chi connectivity index (χ0n) is 18.8. The minimum atomic E-state index is -0.920. The van der Waals surface area contributed by atoms with Gasteiger partial charge in [0.15, 0.2) is 0 Å². The van der Waals surface area contributed by atoms with E-state index in [4.69, 9.17) is 29.0 Å². The predicted molar refractivity (Wildman–Crippen MR) is 110 cm³/mol. The molecule has 5 aliphatic carbocycles. The maximum absolute atomic E-state index is 12.4. The Kier molecular flexibility index (Phi) is 6.31. The van der Waals surface area contributed by atoms with E-state index in [1.54, 1.807) is 6.08 Å². The van der Waals surface area contributed by atoms with Crippen LogP contribution in [0, 0.1) is 29.6 Å². The van der Waals surface area contributed by atoms with Gasteiger partial charge in [0.25, 0.3) is 0 Å². The molecule has 1 saturated heterocycles. The quantitative estimate of drug-likeness (QED) is 0.260. The van der Waals surface area contributed by atoms with Crippen molar-refractivity contribution in [2.24, 2.45) is 29.6 Å². The Labute approximate surface area is 188 Å². The molecule has 32 heavy (non-hydrogen) atoms. The van der Waals surface area contributed by atoms with Crippen molar-refractivity contribution in [3.63, 3.8) is 0 Å². The molecule has 178 valence electrons. The number of carbonyl (C=O) groups excluding carboxylic acids is 2. The van der Waals surface area contributed by atoms with Crippen LogP contribution in [0.25, 0.3) is 0 Å². The Hall–Kier alpha value is -1.48. The van der Waals surface area contributed by atoms with Crippen molar-refractivity contribution in [2.75, 3.05) is 13.2 Å². The average molecular weight is 451 g/mol. The molecule has 6 fully saturated rings. The lowest BCUT2D eigenvalue weighted by atomic mass is 9.53. The van der Waals surface area contributed by atoms with Crippen LogP contribution in [0.5, 0.6) is 0 Å². The highest BCUT2D eigenvalue weighted by molar-refractivity contribution is 5.72. The Morgan fingerprint density at radius 1 is 0.875 bits per heavy atom. The summed E-state index contributed by atoms with van der Waals surface area (Å²) in [5.74, 6) is -0.0254. The topological polar surface area (TPSA) is 89.5 Å². The van der Waals surface area contributed by atoms with E-state index in [-0.39, 0.29) is 24.5 Å². The van der Waals surface area contributed by atoms with Gasteiger partial charge in [-0.15, -0.1) is 0 Å². The molecule has 6 aliphatic rings. The second kappa shape index (κ2) is 9.05. The summed E-state index contributed by atoms with van der Waals surface area (Å²) in [4.78, 5) is 47.0. The number of hydrogen-bond donors (Lipinski definition) is 0. The van der Waals surface area contributed by atoms with Crippen LogP contribution in [0.3, 0.4) is 0 Å². The maximum atomic E-state index is 12.4. The van der Waals surface area contributed by atoms with Crippen LogP contribution < -0.4 is 0 Å². The highest BCUT2D eigenvalue weighted by Gasteiger charge is 2.64. The zero-order valence-corrected chi connectivity index (χ0v) is 18.8. The van der Waals surface area contributed by atoms with E-state index in [0.29, 0.717) is 50.5 Å². The molecule has 0 aromatic heterocycles. The minimum absolute atomic E-state index is 0.171. The third kappa shape index (κ3) is 4.34. The summed E-state index contributed by atoms with van der Waals surface area (Å²) in [5.41, 5.74) is 0. The first kappa shape index (κ1) is 22.3. The molecule has 0 aromatic carbocycles. The molecule has 0 aromatic rings. The lowest BCUT2D eigenvalue weighted by molar-refractivity contribution is -0.680. The van der Waals surface area contributed by atoms with E-state index in [1.165, 1.54) is 13.3 Å². The molecule has 0 radical (unpaired) electrons. The fraction of sp³-hybridized carbons (Fsp3) is 0.833. The van der Waals surface area contributed by atoms with Gasteiger partial charge < -0.3 is 9.47 Å². The lowest BCUT2D eigenvalue weighted by Crippen LogP contribution is -2.64. The fourth-order valence-electron chi connectivity index (χ4n) is 6.58. The number of hydrogen-bond acceptors (Lipinski definition) is 8. The smallest absolute Gasteiger partial charge is 0.308 e. The fourth-order valence-corrected chi connectivity index (χ4v) is 6.58. The Morgan fingerprint density at radius 2 is 1.50 bits per heavy atom. The molecular weight excluding hydrogens is 416 g/mol. The molecule has 0 N–H and O–H groups in total. The molecular formula is C24H34O8. The molecule has 0 unspecified atom stereocenters. The normalized spacial score (nSPS) is 42.6. The van der Waals surface area contributed by atoms with Crippen molar-refractivity contribution < 1.29 is 38.6 Å². The van der Waals surface area contributed by atoms with Crippen LogP contribution in [0.4, 0.5) is 0 Å². The van der Waals surface area contributed by atoms with Crippen LogP contribution in [-0.4, -0.2) is 36.7 Å². The maximum Gasteiger partial charge on any atom is 0.308 e. The summed E-state index contributed by atoms with van der Waals surface area (Å²) in [6.07, 6.45) is 12.4. The highest BCUT2D eigenvalue weighted by Crippen LogP contribution is 2.61. The Bertz CT molecular complexity index is 698. The van der Waals surface area contributed by atoms with Gasteiger partial charge in [-0.2, -0.15) is 19.6 Å². The largest absolute Gasteiger partial charge is 0.465 e. The predicted octanol–water partition coefficient (Wildman–Crippen LogP) is 3.99. The third-order valence-electron chi connectivity index (χ3n) is 8.08. The molecule has 8 nitrogen and oxygen atoms in total. The first-order valence-corrected chi connectivity index (χ1v) is 12.2. The molecule has 1 aliphatic heterocycles. The van der Waals surface area contributed by atoms with Crippen molar-refractivity contribution in [2.45, 2.75) is 82.7 Å². The van der Waals surface area contributed by atoms with Crippen molar-refractivity contribution in [1.29, 1.82) is 0 Å². The van der Waals surface area contributed by atoms with Gasteiger partial charge in [0.1, 0.15) is 6.61 Å². The van der Waals surface area contributed by atoms with Crippen molar-refractivity contribution >= 4 is 11.9 Å². The van der Waals surface area contributed by atoms with E-state index in [0.717, 1.165) is 37.5 Å². The van der Waals surface area contributed by atoms with Gasteiger partial charge in [0.2, 0.25) is 11.6 Å². The summed E-state index contributed by atoms with van der Waals surface area (Å²) in [5, 5.41) is 0.